The highest BCUT2D eigenvalue weighted by molar-refractivity contribution is 5.76. The maximum absolute atomic E-state index is 12.0. The summed E-state index contributed by atoms with van der Waals surface area (Å²) < 4.78 is 0. The average Bonchev–Trinajstić information content (AvgIpc) is 3.07. The normalized spacial score (nSPS) is 20.3. The highest BCUT2D eigenvalue weighted by Crippen LogP contribution is 2.27. The van der Waals surface area contributed by atoms with E-state index in [-0.39, 0.29) is 5.91 Å². The smallest absolute Gasteiger partial charge is 0.220 e. The molecule has 1 aliphatic carbocycles. The minimum atomic E-state index is 0.267. The lowest BCUT2D eigenvalue weighted by molar-refractivity contribution is -0.122. The first kappa shape index (κ1) is 15.3. The van der Waals surface area contributed by atoms with Gasteiger partial charge >= 0.3 is 0 Å². The van der Waals surface area contributed by atoms with E-state index < -0.39 is 0 Å². The molecule has 4 nitrogen and oxygen atoms in total. The molecule has 2 heterocycles. The Morgan fingerprint density at radius 1 is 1.09 bits per heavy atom. The summed E-state index contributed by atoms with van der Waals surface area (Å²) in [6, 6.07) is 4.15. The van der Waals surface area contributed by atoms with E-state index in [9.17, 15) is 4.79 Å². The van der Waals surface area contributed by atoms with Gasteiger partial charge in [-0.25, -0.2) is 0 Å². The molecule has 1 aromatic heterocycles. The van der Waals surface area contributed by atoms with Crippen molar-refractivity contribution in [2.45, 2.75) is 44.9 Å². The van der Waals surface area contributed by atoms with Crippen molar-refractivity contribution in [3.8, 4) is 0 Å². The highest BCUT2D eigenvalue weighted by atomic mass is 16.1. The minimum Gasteiger partial charge on any atom is -0.371 e. The molecule has 0 radical (unpaired) electrons. The molecule has 120 valence electrons. The van der Waals surface area contributed by atoms with Gasteiger partial charge in [-0.2, -0.15) is 0 Å². The Hall–Kier alpha value is -1.58. The molecule has 2 aliphatic rings. The fourth-order valence-electron chi connectivity index (χ4n) is 3.76. The number of nitrogens with one attached hydrogen (secondary N) is 1. The van der Waals surface area contributed by atoms with Crippen molar-refractivity contribution in [2.75, 3.05) is 24.5 Å². The second kappa shape index (κ2) is 7.61. The third-order valence-corrected chi connectivity index (χ3v) is 5.18. The zero-order valence-electron chi connectivity index (χ0n) is 13.3. The van der Waals surface area contributed by atoms with E-state index in [1.807, 2.05) is 12.4 Å². The number of rotatable bonds is 5. The summed E-state index contributed by atoms with van der Waals surface area (Å²) in [5, 5.41) is 3.17. The van der Waals surface area contributed by atoms with E-state index in [0.717, 1.165) is 38.9 Å². The van der Waals surface area contributed by atoms with E-state index in [1.54, 1.807) is 0 Å². The summed E-state index contributed by atoms with van der Waals surface area (Å²) in [6.45, 7) is 3.01. The lowest BCUT2D eigenvalue weighted by Crippen LogP contribution is -2.38. The molecule has 0 unspecified atom stereocenters. The van der Waals surface area contributed by atoms with E-state index in [2.05, 4.69) is 27.3 Å². The fourth-order valence-corrected chi connectivity index (χ4v) is 3.76. The van der Waals surface area contributed by atoms with E-state index >= 15 is 0 Å². The van der Waals surface area contributed by atoms with E-state index in [0.29, 0.717) is 11.8 Å². The van der Waals surface area contributed by atoms with Crippen LogP contribution in [0.5, 0.6) is 0 Å². The zero-order chi connectivity index (χ0) is 15.2. The number of nitrogens with zero attached hydrogens (tertiary/aromatic N) is 2. The zero-order valence-corrected chi connectivity index (χ0v) is 13.3. The van der Waals surface area contributed by atoms with Crippen molar-refractivity contribution in [2.24, 2.45) is 11.8 Å². The number of aromatic nitrogens is 1. The fraction of sp³-hybridized carbons (Fsp3) is 0.667. The van der Waals surface area contributed by atoms with E-state index in [4.69, 9.17) is 0 Å². The van der Waals surface area contributed by atoms with Crippen molar-refractivity contribution >= 4 is 11.6 Å². The number of pyridine rings is 1. The van der Waals surface area contributed by atoms with Gasteiger partial charge in [-0.1, -0.05) is 12.8 Å². The number of hydrogen-bond acceptors (Lipinski definition) is 3. The predicted molar refractivity (Wildman–Crippen MR) is 88.8 cm³/mol. The molecular weight excluding hydrogens is 274 g/mol. The molecule has 1 amide bonds. The molecular formula is C18H27N3O. The summed E-state index contributed by atoms with van der Waals surface area (Å²) in [7, 11) is 0. The Bertz CT molecular complexity index is 462. The number of amides is 1. The summed E-state index contributed by atoms with van der Waals surface area (Å²) in [4.78, 5) is 18.5. The van der Waals surface area contributed by atoms with Crippen LogP contribution >= 0.6 is 0 Å². The molecule has 1 N–H and O–H groups in total. The molecule has 22 heavy (non-hydrogen) atoms. The molecule has 1 aromatic rings. The lowest BCUT2D eigenvalue weighted by Gasteiger charge is -2.33. The summed E-state index contributed by atoms with van der Waals surface area (Å²) in [5.74, 6) is 1.54. The van der Waals surface area contributed by atoms with Crippen molar-refractivity contribution in [3.63, 3.8) is 0 Å². The largest absolute Gasteiger partial charge is 0.371 e. The van der Waals surface area contributed by atoms with Gasteiger partial charge in [0.05, 0.1) is 0 Å². The molecule has 1 saturated carbocycles. The van der Waals surface area contributed by atoms with Gasteiger partial charge in [0.15, 0.2) is 0 Å². The number of carbonyl (C=O) groups excluding carboxylic acids is 1. The van der Waals surface area contributed by atoms with Crippen molar-refractivity contribution in [3.05, 3.63) is 24.5 Å². The first-order chi connectivity index (χ1) is 10.8. The van der Waals surface area contributed by atoms with Gasteiger partial charge in [0.1, 0.15) is 0 Å². The van der Waals surface area contributed by atoms with Crippen LogP contribution in [0.4, 0.5) is 5.69 Å². The van der Waals surface area contributed by atoms with Crippen molar-refractivity contribution < 1.29 is 4.79 Å². The molecule has 3 rings (SSSR count). The van der Waals surface area contributed by atoms with Gasteiger partial charge < -0.3 is 10.2 Å². The van der Waals surface area contributed by atoms with Crippen LogP contribution in [0, 0.1) is 11.8 Å². The quantitative estimate of drug-likeness (QED) is 0.909. The number of carbonyl (C=O) groups is 1. The van der Waals surface area contributed by atoms with Crippen LogP contribution < -0.4 is 10.2 Å². The van der Waals surface area contributed by atoms with Crippen LogP contribution in [0.15, 0.2) is 24.5 Å². The predicted octanol–water partition coefficient (Wildman–Crippen LogP) is 2.99. The molecule has 1 saturated heterocycles. The number of piperidine rings is 1. The van der Waals surface area contributed by atoms with Gasteiger partial charge in [-0.05, 0) is 49.7 Å². The van der Waals surface area contributed by atoms with Crippen LogP contribution in [-0.2, 0) is 4.79 Å². The van der Waals surface area contributed by atoms with Gasteiger partial charge in [-0.3, -0.25) is 9.78 Å². The molecule has 2 fully saturated rings. The van der Waals surface area contributed by atoms with Gasteiger partial charge in [0.25, 0.3) is 0 Å². The monoisotopic (exact) mass is 301 g/mol. The third-order valence-electron chi connectivity index (χ3n) is 5.18. The average molecular weight is 301 g/mol. The van der Waals surface area contributed by atoms with E-state index in [1.165, 1.54) is 31.4 Å². The first-order valence-corrected chi connectivity index (χ1v) is 8.73. The Kier molecular flexibility index (Phi) is 5.30. The lowest BCUT2D eigenvalue weighted by atomic mass is 9.96. The molecule has 1 aliphatic heterocycles. The number of anilines is 1. The molecule has 0 bridgehead atoms. The van der Waals surface area contributed by atoms with Crippen molar-refractivity contribution in [1.29, 1.82) is 0 Å². The summed E-state index contributed by atoms with van der Waals surface area (Å²) in [5.41, 5.74) is 1.26. The van der Waals surface area contributed by atoms with Crippen LogP contribution in [0.1, 0.15) is 44.9 Å². The van der Waals surface area contributed by atoms with Crippen LogP contribution in [0.25, 0.3) is 0 Å². The summed E-state index contributed by atoms with van der Waals surface area (Å²) in [6.07, 6.45) is 11.9. The minimum absolute atomic E-state index is 0.267. The maximum Gasteiger partial charge on any atom is 0.220 e. The van der Waals surface area contributed by atoms with Gasteiger partial charge in [-0.15, -0.1) is 0 Å². The second-order valence-electron chi connectivity index (χ2n) is 6.79. The topological polar surface area (TPSA) is 45.2 Å². The SMILES string of the molecule is O=C(CC1CCCC1)NCC1CCN(c2ccncc2)CC1. The Morgan fingerprint density at radius 2 is 1.77 bits per heavy atom. The van der Waals surface area contributed by atoms with Gasteiger partial charge in [0.2, 0.25) is 5.91 Å². The standard InChI is InChI=1S/C18H27N3O/c22-18(13-15-3-1-2-4-15)20-14-16-7-11-21(12-8-16)17-5-9-19-10-6-17/h5-6,9-10,15-16H,1-4,7-8,11-14H2,(H,20,22). The van der Waals surface area contributed by atoms with Crippen LogP contribution in [-0.4, -0.2) is 30.5 Å². The van der Waals surface area contributed by atoms with Crippen molar-refractivity contribution in [1.82, 2.24) is 10.3 Å². The summed E-state index contributed by atoms with van der Waals surface area (Å²) >= 11 is 0. The molecule has 0 aromatic carbocycles. The second-order valence-corrected chi connectivity index (χ2v) is 6.79. The third kappa shape index (κ3) is 4.21. The molecule has 4 heteroatoms. The Labute approximate surface area is 133 Å². The van der Waals surface area contributed by atoms with Crippen LogP contribution in [0.2, 0.25) is 0 Å². The Morgan fingerprint density at radius 3 is 2.45 bits per heavy atom. The first-order valence-electron chi connectivity index (χ1n) is 8.73. The highest BCUT2D eigenvalue weighted by Gasteiger charge is 2.21. The van der Waals surface area contributed by atoms with Gasteiger partial charge in [0, 0.05) is 44.1 Å². The maximum atomic E-state index is 12.0. The molecule has 0 spiro atoms. The van der Waals surface area contributed by atoms with Crippen LogP contribution in [0.3, 0.4) is 0 Å². The Balaban J connectivity index is 1.36. The number of hydrogen-bond donors (Lipinski definition) is 1. The molecule has 0 atom stereocenters.